The monoisotopic (exact) mass is 548 g/mol. The lowest BCUT2D eigenvalue weighted by Crippen LogP contribution is -2.13. The van der Waals surface area contributed by atoms with Gasteiger partial charge in [0.25, 0.3) is 5.56 Å². The minimum atomic E-state index is -0.177. The van der Waals surface area contributed by atoms with Crippen LogP contribution in [0.3, 0.4) is 0 Å². The van der Waals surface area contributed by atoms with Crippen LogP contribution in [0.1, 0.15) is 29.8 Å². The van der Waals surface area contributed by atoms with Gasteiger partial charge in [0.15, 0.2) is 5.16 Å². The number of pyridine rings is 1. The van der Waals surface area contributed by atoms with Crippen LogP contribution in [0.4, 0.5) is 0 Å². The zero-order valence-electron chi connectivity index (χ0n) is 21.2. The zero-order valence-corrected chi connectivity index (χ0v) is 22.8. The van der Waals surface area contributed by atoms with Crippen molar-refractivity contribution in [2.45, 2.75) is 29.4 Å². The molecule has 192 valence electrons. The Bertz CT molecular complexity index is 1760. The molecule has 0 aliphatic heterocycles. The third-order valence-electron chi connectivity index (χ3n) is 6.77. The summed E-state index contributed by atoms with van der Waals surface area (Å²) < 4.78 is 2.10. The summed E-state index contributed by atoms with van der Waals surface area (Å²) in [6, 6.07) is 36.1. The van der Waals surface area contributed by atoms with Crippen LogP contribution in [0.15, 0.2) is 124 Å². The molecule has 4 aromatic carbocycles. The van der Waals surface area contributed by atoms with E-state index in [-0.39, 0.29) is 11.5 Å². The molecule has 0 atom stereocenters. The van der Waals surface area contributed by atoms with Crippen LogP contribution in [-0.4, -0.2) is 19.7 Å². The summed E-state index contributed by atoms with van der Waals surface area (Å²) in [6.45, 7) is 2.73. The van der Waals surface area contributed by atoms with Crippen molar-refractivity contribution in [3.05, 3.63) is 142 Å². The van der Waals surface area contributed by atoms with E-state index >= 15 is 0 Å². The number of benzene rings is 4. The second kappa shape index (κ2) is 10.9. The minimum absolute atomic E-state index is 0.100. The van der Waals surface area contributed by atoms with E-state index in [9.17, 15) is 4.79 Å². The first-order chi connectivity index (χ1) is 19.1. The van der Waals surface area contributed by atoms with Crippen molar-refractivity contribution in [2.24, 2.45) is 0 Å². The lowest BCUT2D eigenvalue weighted by Gasteiger charge is -2.19. The Kier molecular flexibility index (Phi) is 7.05. The molecule has 1 N–H and O–H groups in total. The van der Waals surface area contributed by atoms with E-state index in [4.69, 9.17) is 16.7 Å². The fraction of sp³-hybridized carbons (Fsp3) is 0.0938. The molecule has 0 bridgehead atoms. The van der Waals surface area contributed by atoms with E-state index < -0.39 is 0 Å². The number of aromatic amines is 1. The normalized spacial score (nSPS) is 11.4. The second-order valence-electron chi connectivity index (χ2n) is 9.16. The molecule has 0 aliphatic rings. The van der Waals surface area contributed by atoms with Crippen LogP contribution < -0.4 is 5.56 Å². The Morgan fingerprint density at radius 1 is 0.846 bits per heavy atom. The number of rotatable bonds is 7. The highest BCUT2D eigenvalue weighted by Crippen LogP contribution is 2.39. The standard InChI is InChI=1S/C32H25ClN4OS/c1-2-37-30(27(21-12-6-3-7-13-21)22-14-8-4-9-15-22)35-36-32(37)39-29-28(23-16-10-5-11-17-23)25-20-24(33)18-19-26(25)34-31(29)38/h3-20,27H,2H2,1H3,(H,34,38). The van der Waals surface area contributed by atoms with Crippen LogP contribution in [0.25, 0.3) is 22.0 Å². The van der Waals surface area contributed by atoms with E-state index in [2.05, 4.69) is 45.8 Å². The third kappa shape index (κ3) is 4.89. The number of nitrogens with zero attached hydrogens (tertiary/aromatic N) is 3. The van der Waals surface area contributed by atoms with Crippen molar-refractivity contribution in [1.82, 2.24) is 19.7 Å². The summed E-state index contributed by atoms with van der Waals surface area (Å²) >= 11 is 7.75. The van der Waals surface area contributed by atoms with Crippen molar-refractivity contribution >= 4 is 34.3 Å². The molecule has 0 aliphatic carbocycles. The van der Waals surface area contributed by atoms with E-state index in [1.54, 1.807) is 6.07 Å². The van der Waals surface area contributed by atoms with Crippen LogP contribution in [0, 0.1) is 0 Å². The molecule has 7 heteroatoms. The summed E-state index contributed by atoms with van der Waals surface area (Å²) in [5, 5.41) is 11.5. The molecule has 2 aromatic heterocycles. The largest absolute Gasteiger partial charge is 0.321 e. The lowest BCUT2D eigenvalue weighted by molar-refractivity contribution is 0.633. The van der Waals surface area contributed by atoms with Gasteiger partial charge in [-0.05, 0) is 53.6 Å². The second-order valence-corrected chi connectivity index (χ2v) is 10.6. The van der Waals surface area contributed by atoms with E-state index in [1.807, 2.05) is 78.9 Å². The van der Waals surface area contributed by atoms with E-state index in [1.165, 1.54) is 11.8 Å². The minimum Gasteiger partial charge on any atom is -0.321 e. The molecule has 6 rings (SSSR count). The van der Waals surface area contributed by atoms with Crippen molar-refractivity contribution in [3.8, 4) is 11.1 Å². The van der Waals surface area contributed by atoms with Gasteiger partial charge in [-0.15, -0.1) is 10.2 Å². The molecule has 0 unspecified atom stereocenters. The lowest BCUT2D eigenvalue weighted by atomic mass is 9.90. The molecular weight excluding hydrogens is 524 g/mol. The molecule has 6 aromatic rings. The number of H-pyrrole nitrogens is 1. The molecule has 0 saturated heterocycles. The summed E-state index contributed by atoms with van der Waals surface area (Å²) in [5.41, 5.74) is 4.59. The van der Waals surface area contributed by atoms with Gasteiger partial charge in [-0.25, -0.2) is 0 Å². The predicted octanol–water partition coefficient (Wildman–Crippen LogP) is 7.79. The first kappa shape index (κ1) is 25.2. The van der Waals surface area contributed by atoms with Crippen LogP contribution in [-0.2, 0) is 6.54 Å². The van der Waals surface area contributed by atoms with Crippen molar-refractivity contribution in [3.63, 3.8) is 0 Å². The van der Waals surface area contributed by atoms with Crippen molar-refractivity contribution < 1.29 is 0 Å². The van der Waals surface area contributed by atoms with Gasteiger partial charge in [-0.1, -0.05) is 103 Å². The van der Waals surface area contributed by atoms with Gasteiger partial charge in [-0.3, -0.25) is 4.79 Å². The Hall–Kier alpha value is -4.13. The smallest absolute Gasteiger partial charge is 0.263 e. The molecule has 0 radical (unpaired) electrons. The van der Waals surface area contributed by atoms with Gasteiger partial charge < -0.3 is 9.55 Å². The molecule has 0 saturated carbocycles. The van der Waals surface area contributed by atoms with E-state index in [0.717, 1.165) is 39.0 Å². The van der Waals surface area contributed by atoms with Crippen molar-refractivity contribution in [2.75, 3.05) is 0 Å². The van der Waals surface area contributed by atoms with Gasteiger partial charge in [0.2, 0.25) is 0 Å². The van der Waals surface area contributed by atoms with Gasteiger partial charge >= 0.3 is 0 Å². The Morgan fingerprint density at radius 3 is 2.08 bits per heavy atom. The topological polar surface area (TPSA) is 63.6 Å². The number of fused-ring (bicyclic) bond motifs is 1. The maximum atomic E-state index is 13.5. The number of halogens is 1. The molecule has 39 heavy (non-hydrogen) atoms. The molecule has 0 spiro atoms. The fourth-order valence-electron chi connectivity index (χ4n) is 5.00. The van der Waals surface area contributed by atoms with Crippen LogP contribution in [0.2, 0.25) is 5.02 Å². The van der Waals surface area contributed by atoms with Crippen LogP contribution in [0.5, 0.6) is 0 Å². The van der Waals surface area contributed by atoms with E-state index in [0.29, 0.717) is 21.6 Å². The third-order valence-corrected chi connectivity index (χ3v) is 8.09. The summed E-state index contributed by atoms with van der Waals surface area (Å²) in [4.78, 5) is 17.1. The molecule has 0 amide bonds. The zero-order chi connectivity index (χ0) is 26.8. The molecular formula is C32H25ClN4OS. The van der Waals surface area contributed by atoms with Crippen LogP contribution >= 0.6 is 23.4 Å². The maximum absolute atomic E-state index is 13.5. The Morgan fingerprint density at radius 2 is 1.46 bits per heavy atom. The average Bonchev–Trinajstić information content (AvgIpc) is 3.37. The molecule has 5 nitrogen and oxygen atoms in total. The van der Waals surface area contributed by atoms with Gasteiger partial charge in [0.1, 0.15) is 5.82 Å². The Labute approximate surface area is 235 Å². The SMILES string of the molecule is CCn1c(Sc2c(-c3ccccc3)c3cc(Cl)ccc3[nH]c2=O)nnc1C(c1ccccc1)c1ccccc1. The fourth-order valence-corrected chi connectivity index (χ4v) is 6.24. The van der Waals surface area contributed by atoms with Gasteiger partial charge in [0, 0.05) is 28.0 Å². The number of nitrogens with one attached hydrogen (secondary N) is 1. The molecule has 0 fully saturated rings. The number of aromatic nitrogens is 4. The van der Waals surface area contributed by atoms with Crippen molar-refractivity contribution in [1.29, 1.82) is 0 Å². The predicted molar refractivity (Wildman–Crippen MR) is 159 cm³/mol. The average molecular weight is 549 g/mol. The van der Waals surface area contributed by atoms with Gasteiger partial charge in [0.05, 0.1) is 10.8 Å². The number of hydrogen-bond acceptors (Lipinski definition) is 4. The first-order valence-electron chi connectivity index (χ1n) is 12.8. The summed E-state index contributed by atoms with van der Waals surface area (Å²) in [7, 11) is 0. The highest BCUT2D eigenvalue weighted by molar-refractivity contribution is 7.99. The summed E-state index contributed by atoms with van der Waals surface area (Å²) in [5.74, 6) is 0.732. The van der Waals surface area contributed by atoms with Gasteiger partial charge in [-0.2, -0.15) is 0 Å². The maximum Gasteiger partial charge on any atom is 0.263 e. The number of hydrogen-bond donors (Lipinski definition) is 1. The molecule has 2 heterocycles. The highest BCUT2D eigenvalue weighted by atomic mass is 35.5. The highest BCUT2D eigenvalue weighted by Gasteiger charge is 2.26. The Balaban J connectivity index is 1.53. The summed E-state index contributed by atoms with van der Waals surface area (Å²) in [6.07, 6.45) is 0. The first-order valence-corrected chi connectivity index (χ1v) is 13.9. The quantitative estimate of drug-likeness (QED) is 0.221.